The lowest BCUT2D eigenvalue weighted by Crippen LogP contribution is -2.36. The average Bonchev–Trinajstić information content (AvgIpc) is 3.00. The van der Waals surface area contributed by atoms with Crippen LogP contribution < -0.4 is 5.32 Å². The van der Waals surface area contributed by atoms with Crippen LogP contribution in [0.25, 0.3) is 0 Å². The molecule has 3 nitrogen and oxygen atoms in total. The molecule has 2 atom stereocenters. The molecule has 1 aromatic carbocycles. The summed E-state index contributed by atoms with van der Waals surface area (Å²) in [5.41, 5.74) is 2.08. The van der Waals surface area contributed by atoms with Gasteiger partial charge in [-0.1, -0.05) is 24.3 Å². The number of benzene rings is 1. The van der Waals surface area contributed by atoms with Gasteiger partial charge in [-0.25, -0.2) is 0 Å². The second-order valence-electron chi connectivity index (χ2n) is 5.29. The fourth-order valence-electron chi connectivity index (χ4n) is 2.10. The van der Waals surface area contributed by atoms with Gasteiger partial charge in [0.15, 0.2) is 0 Å². The van der Waals surface area contributed by atoms with E-state index in [1.807, 2.05) is 48.0 Å². The van der Waals surface area contributed by atoms with E-state index in [2.05, 4.69) is 12.2 Å². The van der Waals surface area contributed by atoms with Gasteiger partial charge in [0.2, 0.25) is 0 Å². The molecular formula is C16H21NO2S. The minimum atomic E-state index is -0.872. The Labute approximate surface area is 123 Å². The van der Waals surface area contributed by atoms with Crippen LogP contribution in [0.5, 0.6) is 0 Å². The summed E-state index contributed by atoms with van der Waals surface area (Å²) in [6.45, 7) is 4.40. The van der Waals surface area contributed by atoms with E-state index in [0.717, 1.165) is 16.7 Å². The molecule has 108 valence electrons. The smallest absolute Gasteiger partial charge is 0.100 e. The fourth-order valence-corrected chi connectivity index (χ4v) is 2.89. The molecule has 2 aromatic rings. The highest BCUT2D eigenvalue weighted by atomic mass is 32.1. The molecule has 0 spiro atoms. The molecule has 0 amide bonds. The Morgan fingerprint density at radius 1 is 1.35 bits per heavy atom. The third-order valence-electron chi connectivity index (χ3n) is 3.53. The molecule has 0 saturated carbocycles. The molecule has 0 saturated heterocycles. The molecule has 1 aromatic heterocycles. The third-order valence-corrected chi connectivity index (χ3v) is 4.21. The van der Waals surface area contributed by atoms with E-state index >= 15 is 0 Å². The van der Waals surface area contributed by atoms with Crippen molar-refractivity contribution in [3.63, 3.8) is 0 Å². The molecule has 0 aliphatic rings. The van der Waals surface area contributed by atoms with Gasteiger partial charge >= 0.3 is 0 Å². The third kappa shape index (κ3) is 3.67. The van der Waals surface area contributed by atoms with Gasteiger partial charge in [-0.05, 0) is 47.4 Å². The van der Waals surface area contributed by atoms with Gasteiger partial charge in [0, 0.05) is 12.6 Å². The number of hydrogen-bond acceptors (Lipinski definition) is 4. The van der Waals surface area contributed by atoms with Gasteiger partial charge in [0.25, 0.3) is 0 Å². The fraction of sp³-hybridized carbons (Fsp3) is 0.375. The largest absolute Gasteiger partial charge is 0.392 e. The first kappa shape index (κ1) is 15.2. The summed E-state index contributed by atoms with van der Waals surface area (Å²) in [6, 6.07) is 9.91. The first-order valence-corrected chi connectivity index (χ1v) is 7.65. The van der Waals surface area contributed by atoms with Gasteiger partial charge < -0.3 is 15.5 Å². The molecule has 2 rings (SSSR count). The van der Waals surface area contributed by atoms with Crippen LogP contribution in [0.1, 0.15) is 36.6 Å². The van der Waals surface area contributed by atoms with Gasteiger partial charge in [0.05, 0.1) is 6.61 Å². The predicted molar refractivity (Wildman–Crippen MR) is 82.7 cm³/mol. The van der Waals surface area contributed by atoms with Crippen molar-refractivity contribution < 1.29 is 10.2 Å². The average molecular weight is 291 g/mol. The van der Waals surface area contributed by atoms with Crippen LogP contribution >= 0.6 is 11.3 Å². The maximum Gasteiger partial charge on any atom is 0.100 e. The first-order chi connectivity index (χ1) is 9.53. The predicted octanol–water partition coefficient (Wildman–Crippen LogP) is 2.80. The van der Waals surface area contributed by atoms with Gasteiger partial charge in [-0.2, -0.15) is 11.3 Å². The Balaban J connectivity index is 1.99. The van der Waals surface area contributed by atoms with Crippen LogP contribution in [0, 0.1) is 0 Å². The second-order valence-corrected chi connectivity index (χ2v) is 6.07. The lowest BCUT2D eigenvalue weighted by Gasteiger charge is -2.25. The second kappa shape index (κ2) is 6.50. The zero-order valence-corrected chi connectivity index (χ0v) is 12.7. The zero-order valence-electron chi connectivity index (χ0n) is 11.8. The van der Waals surface area contributed by atoms with Crippen molar-refractivity contribution in [1.82, 2.24) is 5.32 Å². The van der Waals surface area contributed by atoms with Crippen LogP contribution in [-0.2, 0) is 12.2 Å². The van der Waals surface area contributed by atoms with Crippen LogP contribution in [0.4, 0.5) is 0 Å². The number of nitrogens with one attached hydrogen (secondary N) is 1. The number of hydrogen-bond donors (Lipinski definition) is 3. The van der Waals surface area contributed by atoms with Crippen molar-refractivity contribution in [2.75, 3.05) is 6.54 Å². The minimum Gasteiger partial charge on any atom is -0.392 e. The SMILES string of the molecule is CC(NCC(C)(O)c1ccsc1)c1cccc(CO)c1. The van der Waals surface area contributed by atoms with Crippen LogP contribution in [-0.4, -0.2) is 16.8 Å². The summed E-state index contributed by atoms with van der Waals surface area (Å²) >= 11 is 1.59. The van der Waals surface area contributed by atoms with E-state index < -0.39 is 5.60 Å². The lowest BCUT2D eigenvalue weighted by molar-refractivity contribution is 0.0548. The number of rotatable bonds is 6. The highest BCUT2D eigenvalue weighted by molar-refractivity contribution is 7.08. The maximum atomic E-state index is 10.5. The van der Waals surface area contributed by atoms with E-state index in [4.69, 9.17) is 5.11 Å². The van der Waals surface area contributed by atoms with Gasteiger partial charge in [-0.3, -0.25) is 0 Å². The van der Waals surface area contributed by atoms with Crippen molar-refractivity contribution in [1.29, 1.82) is 0 Å². The van der Waals surface area contributed by atoms with Crippen LogP contribution in [0.15, 0.2) is 41.1 Å². The summed E-state index contributed by atoms with van der Waals surface area (Å²) in [4.78, 5) is 0. The topological polar surface area (TPSA) is 52.5 Å². The lowest BCUT2D eigenvalue weighted by atomic mass is 9.98. The summed E-state index contributed by atoms with van der Waals surface area (Å²) in [5.74, 6) is 0. The van der Waals surface area contributed by atoms with Crippen molar-refractivity contribution in [2.45, 2.75) is 32.1 Å². The summed E-state index contributed by atoms with van der Waals surface area (Å²) in [6.07, 6.45) is 0. The van der Waals surface area contributed by atoms with Crippen LogP contribution in [0.3, 0.4) is 0 Å². The molecule has 0 radical (unpaired) electrons. The number of thiophene rings is 1. The van der Waals surface area contributed by atoms with Gasteiger partial charge in [-0.15, -0.1) is 0 Å². The van der Waals surface area contributed by atoms with Gasteiger partial charge in [0.1, 0.15) is 5.60 Å². The maximum absolute atomic E-state index is 10.5. The van der Waals surface area contributed by atoms with Crippen molar-refractivity contribution in [3.8, 4) is 0 Å². The van der Waals surface area contributed by atoms with E-state index in [1.165, 1.54) is 0 Å². The van der Waals surface area contributed by atoms with Crippen LogP contribution in [0.2, 0.25) is 0 Å². The summed E-state index contributed by atoms with van der Waals surface area (Å²) in [5, 5.41) is 26.9. The molecule has 4 heteroatoms. The van der Waals surface area contributed by atoms with Crippen molar-refractivity contribution >= 4 is 11.3 Å². The molecule has 2 unspecified atom stereocenters. The molecule has 0 bridgehead atoms. The van der Waals surface area contributed by atoms with E-state index in [-0.39, 0.29) is 12.6 Å². The Bertz CT molecular complexity index is 537. The quantitative estimate of drug-likeness (QED) is 0.767. The molecule has 0 aliphatic heterocycles. The number of aliphatic hydroxyl groups is 2. The van der Waals surface area contributed by atoms with Crippen molar-refractivity contribution in [3.05, 3.63) is 57.8 Å². The molecule has 0 aliphatic carbocycles. The molecule has 0 fully saturated rings. The summed E-state index contributed by atoms with van der Waals surface area (Å²) in [7, 11) is 0. The standard InChI is InChI=1S/C16H21NO2S/c1-12(14-5-3-4-13(8-14)9-18)17-11-16(2,19)15-6-7-20-10-15/h3-8,10,12,17-19H,9,11H2,1-2H3. The highest BCUT2D eigenvalue weighted by Gasteiger charge is 2.24. The zero-order chi connectivity index (χ0) is 14.6. The highest BCUT2D eigenvalue weighted by Crippen LogP contribution is 2.23. The molecule has 3 N–H and O–H groups in total. The number of aliphatic hydroxyl groups excluding tert-OH is 1. The van der Waals surface area contributed by atoms with Crippen molar-refractivity contribution in [2.24, 2.45) is 0 Å². The minimum absolute atomic E-state index is 0.0488. The molecule has 20 heavy (non-hydrogen) atoms. The Morgan fingerprint density at radius 2 is 2.15 bits per heavy atom. The van der Waals surface area contributed by atoms with E-state index in [9.17, 15) is 5.11 Å². The monoisotopic (exact) mass is 291 g/mol. The Morgan fingerprint density at radius 3 is 2.80 bits per heavy atom. The normalized spacial score (nSPS) is 15.8. The Kier molecular flexibility index (Phi) is 4.94. The Hall–Kier alpha value is -1.20. The molecular weight excluding hydrogens is 270 g/mol. The first-order valence-electron chi connectivity index (χ1n) is 6.71. The molecule has 1 heterocycles. The van der Waals surface area contributed by atoms with E-state index in [0.29, 0.717) is 6.54 Å². The van der Waals surface area contributed by atoms with E-state index in [1.54, 1.807) is 11.3 Å². The summed E-state index contributed by atoms with van der Waals surface area (Å²) < 4.78 is 0.